The first-order valence-electron chi connectivity index (χ1n) is 6.33. The Hall–Kier alpha value is -0.380. The third-order valence-corrected chi connectivity index (χ3v) is 2.96. The fourth-order valence-corrected chi connectivity index (χ4v) is 1.96. The van der Waals surface area contributed by atoms with Crippen molar-refractivity contribution in [2.24, 2.45) is 5.92 Å². The molecule has 1 saturated heterocycles. The molecule has 3 nitrogen and oxygen atoms in total. The van der Waals surface area contributed by atoms with Crippen molar-refractivity contribution >= 4 is 0 Å². The van der Waals surface area contributed by atoms with Crippen LogP contribution in [0, 0.1) is 5.92 Å². The van der Waals surface area contributed by atoms with Gasteiger partial charge in [0.25, 0.3) is 0 Å². The van der Waals surface area contributed by atoms with E-state index in [9.17, 15) is 0 Å². The van der Waals surface area contributed by atoms with E-state index in [0.29, 0.717) is 5.92 Å². The van der Waals surface area contributed by atoms with Crippen molar-refractivity contribution < 1.29 is 9.47 Å². The molecule has 1 heterocycles. The highest BCUT2D eigenvalue weighted by molar-refractivity contribution is 5.06. The van der Waals surface area contributed by atoms with Gasteiger partial charge in [-0.25, -0.2) is 0 Å². The molecule has 94 valence electrons. The third-order valence-electron chi connectivity index (χ3n) is 2.96. The largest absolute Gasteiger partial charge is 0.383 e. The highest BCUT2D eigenvalue weighted by Gasteiger charge is 2.11. The number of rotatable bonds is 7. The standard InChI is InChI=1S/C13H25NO2/c1-3-12(10-14-6-8-15-2)9-13-5-4-7-16-11-13/h9,13-14H,3-8,10-11H2,1-2H3. The van der Waals surface area contributed by atoms with E-state index in [1.807, 2.05) is 0 Å². The summed E-state index contributed by atoms with van der Waals surface area (Å²) in [6.07, 6.45) is 6.01. The summed E-state index contributed by atoms with van der Waals surface area (Å²) in [5.41, 5.74) is 1.49. The topological polar surface area (TPSA) is 30.5 Å². The van der Waals surface area contributed by atoms with Crippen LogP contribution < -0.4 is 5.32 Å². The maximum atomic E-state index is 5.49. The summed E-state index contributed by atoms with van der Waals surface area (Å²) >= 11 is 0. The van der Waals surface area contributed by atoms with Crippen molar-refractivity contribution in [2.45, 2.75) is 26.2 Å². The number of methoxy groups -OCH3 is 1. The predicted octanol–water partition coefficient (Wildman–Crippen LogP) is 1.99. The van der Waals surface area contributed by atoms with Crippen molar-refractivity contribution in [3.05, 3.63) is 11.6 Å². The van der Waals surface area contributed by atoms with Gasteiger partial charge in [0, 0.05) is 32.7 Å². The smallest absolute Gasteiger partial charge is 0.0587 e. The van der Waals surface area contributed by atoms with Gasteiger partial charge in [-0.15, -0.1) is 0 Å². The second-order valence-electron chi connectivity index (χ2n) is 4.33. The summed E-state index contributed by atoms with van der Waals surface area (Å²) < 4.78 is 10.5. The monoisotopic (exact) mass is 227 g/mol. The van der Waals surface area contributed by atoms with Crippen molar-refractivity contribution in [1.82, 2.24) is 5.32 Å². The molecule has 0 saturated carbocycles. The van der Waals surface area contributed by atoms with Crippen molar-refractivity contribution in [2.75, 3.05) is 40.0 Å². The minimum absolute atomic E-state index is 0.632. The van der Waals surface area contributed by atoms with Gasteiger partial charge in [0.2, 0.25) is 0 Å². The minimum atomic E-state index is 0.632. The van der Waals surface area contributed by atoms with Crippen LogP contribution >= 0.6 is 0 Å². The van der Waals surface area contributed by atoms with Crippen LogP contribution in [0.3, 0.4) is 0 Å². The molecule has 0 spiro atoms. The summed E-state index contributed by atoms with van der Waals surface area (Å²) in [4.78, 5) is 0. The minimum Gasteiger partial charge on any atom is -0.383 e. The highest BCUT2D eigenvalue weighted by Crippen LogP contribution is 2.17. The van der Waals surface area contributed by atoms with Gasteiger partial charge in [-0.2, -0.15) is 0 Å². The molecule has 0 amide bonds. The molecule has 1 atom stereocenters. The van der Waals surface area contributed by atoms with Crippen LogP contribution in [-0.2, 0) is 9.47 Å². The summed E-state index contributed by atoms with van der Waals surface area (Å²) in [6.45, 7) is 6.75. The molecule has 0 bridgehead atoms. The lowest BCUT2D eigenvalue weighted by Crippen LogP contribution is -2.23. The van der Waals surface area contributed by atoms with Crippen LogP contribution in [-0.4, -0.2) is 40.0 Å². The average molecular weight is 227 g/mol. The van der Waals surface area contributed by atoms with Crippen LogP contribution in [0.1, 0.15) is 26.2 Å². The zero-order valence-corrected chi connectivity index (χ0v) is 10.6. The number of nitrogens with one attached hydrogen (secondary N) is 1. The predicted molar refractivity (Wildman–Crippen MR) is 66.7 cm³/mol. The first-order chi connectivity index (χ1) is 7.86. The van der Waals surface area contributed by atoms with E-state index in [2.05, 4.69) is 18.3 Å². The molecule has 0 aromatic heterocycles. The van der Waals surface area contributed by atoms with Gasteiger partial charge in [0.05, 0.1) is 13.2 Å². The maximum Gasteiger partial charge on any atom is 0.0587 e. The van der Waals surface area contributed by atoms with Crippen LogP contribution in [0.4, 0.5) is 0 Å². The van der Waals surface area contributed by atoms with Gasteiger partial charge in [-0.05, 0) is 19.3 Å². The zero-order valence-electron chi connectivity index (χ0n) is 10.6. The molecule has 16 heavy (non-hydrogen) atoms. The van der Waals surface area contributed by atoms with E-state index < -0.39 is 0 Å². The Balaban J connectivity index is 2.24. The van der Waals surface area contributed by atoms with Gasteiger partial charge < -0.3 is 14.8 Å². The number of ether oxygens (including phenoxy) is 2. The first-order valence-corrected chi connectivity index (χ1v) is 6.33. The van der Waals surface area contributed by atoms with Gasteiger partial charge in [0.15, 0.2) is 0 Å². The van der Waals surface area contributed by atoms with Crippen molar-refractivity contribution in [3.63, 3.8) is 0 Å². The van der Waals surface area contributed by atoms with Crippen LogP contribution in [0.25, 0.3) is 0 Å². The van der Waals surface area contributed by atoms with Crippen LogP contribution in [0.15, 0.2) is 11.6 Å². The normalized spacial score (nSPS) is 22.4. The molecule has 1 aliphatic rings. The number of hydrogen-bond donors (Lipinski definition) is 1. The highest BCUT2D eigenvalue weighted by atomic mass is 16.5. The molecule has 3 heteroatoms. The molecule has 1 rings (SSSR count). The molecular formula is C13H25NO2. The Kier molecular flexibility index (Phi) is 7.47. The summed E-state index contributed by atoms with van der Waals surface area (Å²) in [6, 6.07) is 0. The van der Waals surface area contributed by atoms with E-state index in [4.69, 9.17) is 9.47 Å². The Morgan fingerprint density at radius 2 is 2.44 bits per heavy atom. The van der Waals surface area contributed by atoms with Crippen molar-refractivity contribution in [3.8, 4) is 0 Å². The average Bonchev–Trinajstić information content (AvgIpc) is 2.34. The van der Waals surface area contributed by atoms with Gasteiger partial charge in [0.1, 0.15) is 0 Å². The van der Waals surface area contributed by atoms with Crippen molar-refractivity contribution in [1.29, 1.82) is 0 Å². The summed E-state index contributed by atoms with van der Waals surface area (Å²) in [5.74, 6) is 0.632. The second-order valence-corrected chi connectivity index (χ2v) is 4.33. The molecule has 1 aliphatic heterocycles. The Labute approximate surface area is 99.2 Å². The second kappa shape index (κ2) is 8.74. The summed E-state index contributed by atoms with van der Waals surface area (Å²) in [7, 11) is 1.73. The maximum absolute atomic E-state index is 5.49. The van der Waals surface area contributed by atoms with Gasteiger partial charge in [-0.1, -0.05) is 18.6 Å². The molecule has 0 aliphatic carbocycles. The van der Waals surface area contributed by atoms with Crippen LogP contribution in [0.5, 0.6) is 0 Å². The lowest BCUT2D eigenvalue weighted by atomic mass is 9.98. The van der Waals surface area contributed by atoms with E-state index >= 15 is 0 Å². The Bertz CT molecular complexity index is 198. The van der Waals surface area contributed by atoms with E-state index in [1.54, 1.807) is 7.11 Å². The molecule has 1 N–H and O–H groups in total. The lowest BCUT2D eigenvalue weighted by molar-refractivity contribution is 0.0707. The van der Waals surface area contributed by atoms with E-state index in [0.717, 1.165) is 39.3 Å². The molecule has 0 aromatic carbocycles. The fraction of sp³-hybridized carbons (Fsp3) is 0.846. The van der Waals surface area contributed by atoms with Gasteiger partial charge in [-0.3, -0.25) is 0 Å². The molecule has 0 aromatic rings. The van der Waals surface area contributed by atoms with Crippen LogP contribution in [0.2, 0.25) is 0 Å². The first kappa shape index (κ1) is 13.7. The molecule has 0 radical (unpaired) electrons. The fourth-order valence-electron chi connectivity index (χ4n) is 1.96. The SMILES string of the molecule is CCC(=CC1CCCOC1)CNCCOC. The number of hydrogen-bond acceptors (Lipinski definition) is 3. The quantitative estimate of drug-likeness (QED) is 0.533. The van der Waals surface area contributed by atoms with Gasteiger partial charge >= 0.3 is 0 Å². The Morgan fingerprint density at radius 1 is 1.56 bits per heavy atom. The lowest BCUT2D eigenvalue weighted by Gasteiger charge is -2.20. The Morgan fingerprint density at radius 3 is 3.06 bits per heavy atom. The summed E-state index contributed by atoms with van der Waals surface area (Å²) in [5, 5.41) is 3.39. The molecule has 1 unspecified atom stereocenters. The molecular weight excluding hydrogens is 202 g/mol. The molecule has 1 fully saturated rings. The third kappa shape index (κ3) is 5.64. The van der Waals surface area contributed by atoms with E-state index in [-0.39, 0.29) is 0 Å². The van der Waals surface area contributed by atoms with E-state index in [1.165, 1.54) is 18.4 Å². The zero-order chi connectivity index (χ0) is 11.6.